The van der Waals surface area contributed by atoms with Crippen molar-refractivity contribution in [2.75, 3.05) is 17.2 Å². The highest BCUT2D eigenvalue weighted by atomic mass is 35.5. The van der Waals surface area contributed by atoms with Crippen molar-refractivity contribution >= 4 is 44.8 Å². The van der Waals surface area contributed by atoms with Crippen LogP contribution in [0.3, 0.4) is 0 Å². The van der Waals surface area contributed by atoms with Crippen molar-refractivity contribution in [1.82, 2.24) is 4.72 Å². The lowest BCUT2D eigenvalue weighted by atomic mass is 10.1. The Labute approximate surface area is 209 Å². The number of amides is 2. The predicted octanol–water partition coefficient (Wildman–Crippen LogP) is 4.23. The molecule has 0 saturated carbocycles. The highest BCUT2D eigenvalue weighted by molar-refractivity contribution is 7.89. The van der Waals surface area contributed by atoms with E-state index in [9.17, 15) is 18.0 Å². The molecule has 0 unspecified atom stereocenters. The molecule has 0 aliphatic rings. The van der Waals surface area contributed by atoms with E-state index in [0.29, 0.717) is 23.7 Å². The summed E-state index contributed by atoms with van der Waals surface area (Å²) >= 11 is 6.17. The minimum absolute atomic E-state index is 0.0866. The molecule has 0 aliphatic carbocycles. The van der Waals surface area contributed by atoms with Crippen LogP contribution in [0, 0.1) is 0 Å². The molecule has 3 aromatic carbocycles. The van der Waals surface area contributed by atoms with Gasteiger partial charge in [-0.2, -0.15) is 4.72 Å². The van der Waals surface area contributed by atoms with Crippen LogP contribution in [0.15, 0.2) is 77.7 Å². The van der Waals surface area contributed by atoms with Gasteiger partial charge in [-0.3, -0.25) is 9.59 Å². The Kier molecular flexibility index (Phi) is 8.86. The summed E-state index contributed by atoms with van der Waals surface area (Å²) in [4.78, 5) is 24.3. The van der Waals surface area contributed by atoms with Gasteiger partial charge in [-0.05, 0) is 61.4 Å². The fraction of sp³-hybridized carbons (Fsp3) is 0.200. The monoisotopic (exact) mass is 515 g/mol. The second-order valence-electron chi connectivity index (χ2n) is 7.64. The molecular weight excluding hydrogens is 490 g/mol. The smallest absolute Gasteiger partial charge is 0.242 e. The van der Waals surface area contributed by atoms with Crippen LogP contribution >= 0.6 is 11.6 Å². The van der Waals surface area contributed by atoms with Crippen LogP contribution in [-0.2, 0) is 26.0 Å². The zero-order chi connectivity index (χ0) is 25.4. The Hall–Kier alpha value is -3.40. The number of sulfonamides is 1. The van der Waals surface area contributed by atoms with E-state index in [2.05, 4.69) is 15.4 Å². The molecule has 0 fully saturated rings. The summed E-state index contributed by atoms with van der Waals surface area (Å²) < 4.78 is 34.1. The highest BCUT2D eigenvalue weighted by Gasteiger charge is 2.27. The van der Waals surface area contributed by atoms with Crippen molar-refractivity contribution in [3.63, 3.8) is 0 Å². The second-order valence-corrected chi connectivity index (χ2v) is 9.76. The third kappa shape index (κ3) is 7.54. The number of carbonyl (C=O) groups excluding carboxylic acids is 2. The molecule has 1 atom stereocenters. The average Bonchev–Trinajstić information content (AvgIpc) is 2.81. The molecule has 2 amide bonds. The Bertz CT molecular complexity index is 1280. The number of hydrogen-bond acceptors (Lipinski definition) is 5. The van der Waals surface area contributed by atoms with Crippen molar-refractivity contribution in [3.05, 3.63) is 83.4 Å². The van der Waals surface area contributed by atoms with E-state index in [1.54, 1.807) is 31.2 Å². The molecule has 35 heavy (non-hydrogen) atoms. The first-order valence-electron chi connectivity index (χ1n) is 10.8. The van der Waals surface area contributed by atoms with Crippen LogP contribution in [-0.4, -0.2) is 32.9 Å². The third-order valence-electron chi connectivity index (χ3n) is 4.88. The number of hydrogen-bond donors (Lipinski definition) is 3. The van der Waals surface area contributed by atoms with Gasteiger partial charge in [-0.25, -0.2) is 8.42 Å². The molecule has 8 nitrogen and oxygen atoms in total. The summed E-state index contributed by atoms with van der Waals surface area (Å²) in [6.45, 7) is 3.57. The van der Waals surface area contributed by atoms with Crippen LogP contribution in [0.5, 0.6) is 5.75 Å². The maximum Gasteiger partial charge on any atom is 0.242 e. The van der Waals surface area contributed by atoms with E-state index in [4.69, 9.17) is 16.3 Å². The molecule has 184 valence electrons. The van der Waals surface area contributed by atoms with Gasteiger partial charge in [-0.1, -0.05) is 41.9 Å². The van der Waals surface area contributed by atoms with Gasteiger partial charge < -0.3 is 15.4 Å². The molecule has 0 radical (unpaired) electrons. The zero-order valence-electron chi connectivity index (χ0n) is 19.2. The predicted molar refractivity (Wildman–Crippen MR) is 136 cm³/mol. The Balaban J connectivity index is 1.83. The van der Waals surface area contributed by atoms with Crippen LogP contribution in [0.4, 0.5) is 11.4 Å². The van der Waals surface area contributed by atoms with Crippen molar-refractivity contribution in [2.45, 2.75) is 31.2 Å². The van der Waals surface area contributed by atoms with Gasteiger partial charge in [0, 0.05) is 18.3 Å². The molecule has 0 heterocycles. The summed E-state index contributed by atoms with van der Waals surface area (Å²) in [6, 6.07) is 18.6. The minimum atomic E-state index is -4.09. The molecule has 10 heteroatoms. The molecule has 0 bridgehead atoms. The van der Waals surface area contributed by atoms with E-state index < -0.39 is 22.0 Å². The zero-order valence-corrected chi connectivity index (χ0v) is 20.8. The normalized spacial score (nSPS) is 12.0. The number of carbonyl (C=O) groups is 2. The second kappa shape index (κ2) is 11.8. The van der Waals surface area contributed by atoms with Crippen LogP contribution in [0.25, 0.3) is 0 Å². The van der Waals surface area contributed by atoms with Gasteiger partial charge in [0.05, 0.1) is 16.5 Å². The van der Waals surface area contributed by atoms with E-state index >= 15 is 0 Å². The molecule has 0 aliphatic heterocycles. The molecular formula is C25H26ClN3O5S. The van der Waals surface area contributed by atoms with Gasteiger partial charge in [0.1, 0.15) is 11.8 Å². The fourth-order valence-electron chi connectivity index (χ4n) is 3.28. The molecule has 3 N–H and O–H groups in total. The van der Waals surface area contributed by atoms with Gasteiger partial charge in [0.2, 0.25) is 21.8 Å². The number of rotatable bonds is 10. The summed E-state index contributed by atoms with van der Waals surface area (Å²) in [5.74, 6) is -0.385. The van der Waals surface area contributed by atoms with Gasteiger partial charge >= 0.3 is 0 Å². The number of ether oxygens (including phenoxy) is 1. The van der Waals surface area contributed by atoms with Crippen molar-refractivity contribution in [3.8, 4) is 5.75 Å². The number of halogens is 1. The van der Waals surface area contributed by atoms with Gasteiger partial charge in [0.25, 0.3) is 0 Å². The summed E-state index contributed by atoms with van der Waals surface area (Å²) in [6.07, 6.45) is 0.126. The number of anilines is 2. The SMILES string of the molecule is CCOc1ccc(S(=O)(=O)N[C@@H](Cc2ccccc2)C(=O)Nc2ccc(NC(C)=O)cc2)cc1Cl. The third-order valence-corrected chi connectivity index (χ3v) is 6.65. The first-order chi connectivity index (χ1) is 16.7. The van der Waals surface area contributed by atoms with E-state index in [1.165, 1.54) is 25.1 Å². The fourth-order valence-corrected chi connectivity index (χ4v) is 4.80. The first-order valence-corrected chi connectivity index (χ1v) is 12.7. The first kappa shape index (κ1) is 26.2. The number of benzene rings is 3. The van der Waals surface area contributed by atoms with Crippen molar-refractivity contribution in [2.24, 2.45) is 0 Å². The molecule has 0 saturated heterocycles. The van der Waals surface area contributed by atoms with Crippen LogP contribution < -0.4 is 20.1 Å². The maximum absolute atomic E-state index is 13.1. The summed E-state index contributed by atoms with van der Waals surface area (Å²) in [5, 5.41) is 5.52. The topological polar surface area (TPSA) is 114 Å². The Morgan fingerprint density at radius 1 is 0.943 bits per heavy atom. The van der Waals surface area contributed by atoms with E-state index in [1.807, 2.05) is 30.3 Å². The lowest BCUT2D eigenvalue weighted by Gasteiger charge is -2.19. The molecule has 3 rings (SSSR count). The number of nitrogens with one attached hydrogen (secondary N) is 3. The molecule has 0 aromatic heterocycles. The Morgan fingerprint density at radius 3 is 2.14 bits per heavy atom. The average molecular weight is 516 g/mol. The summed E-state index contributed by atoms with van der Waals surface area (Å²) in [7, 11) is -4.09. The lowest BCUT2D eigenvalue weighted by molar-refractivity contribution is -0.117. The van der Waals surface area contributed by atoms with Gasteiger partial charge in [-0.15, -0.1) is 0 Å². The molecule has 3 aromatic rings. The van der Waals surface area contributed by atoms with Crippen LogP contribution in [0.1, 0.15) is 19.4 Å². The van der Waals surface area contributed by atoms with Crippen molar-refractivity contribution < 1.29 is 22.7 Å². The van der Waals surface area contributed by atoms with Crippen molar-refractivity contribution in [1.29, 1.82) is 0 Å². The van der Waals surface area contributed by atoms with E-state index in [0.717, 1.165) is 5.56 Å². The van der Waals surface area contributed by atoms with E-state index in [-0.39, 0.29) is 22.2 Å². The van der Waals surface area contributed by atoms with Crippen LogP contribution in [0.2, 0.25) is 5.02 Å². The minimum Gasteiger partial charge on any atom is -0.492 e. The standard InChI is InChI=1S/C25H26ClN3O5S/c1-3-34-24-14-13-21(16-22(24)26)35(32,33)29-23(15-18-7-5-4-6-8-18)25(31)28-20-11-9-19(10-12-20)27-17(2)30/h4-14,16,23,29H,3,15H2,1-2H3,(H,27,30)(H,28,31)/t23-/m0/s1. The Morgan fingerprint density at radius 2 is 1.57 bits per heavy atom. The quantitative estimate of drug-likeness (QED) is 0.374. The van der Waals surface area contributed by atoms with Gasteiger partial charge in [0.15, 0.2) is 0 Å². The summed E-state index contributed by atoms with van der Waals surface area (Å²) in [5.41, 5.74) is 1.80. The largest absolute Gasteiger partial charge is 0.492 e. The molecule has 0 spiro atoms. The highest BCUT2D eigenvalue weighted by Crippen LogP contribution is 2.27. The maximum atomic E-state index is 13.1. The lowest BCUT2D eigenvalue weighted by Crippen LogP contribution is -2.45.